The van der Waals surface area contributed by atoms with Crippen LogP contribution >= 0.6 is 0 Å². The molecule has 0 bridgehead atoms. The van der Waals surface area contributed by atoms with Crippen molar-refractivity contribution >= 4 is 5.91 Å². The second-order valence-corrected chi connectivity index (χ2v) is 6.45. The number of benzene rings is 1. The number of phenols is 1. The molecular formula is C18H22N2O2. The number of nitrogens with zero attached hydrogens (tertiary/aromatic N) is 1. The van der Waals surface area contributed by atoms with E-state index in [1.54, 1.807) is 30.6 Å². The maximum atomic E-state index is 12.2. The van der Waals surface area contributed by atoms with Crippen LogP contribution in [0.2, 0.25) is 0 Å². The molecule has 0 saturated heterocycles. The van der Waals surface area contributed by atoms with Gasteiger partial charge < -0.3 is 10.4 Å². The molecule has 22 heavy (non-hydrogen) atoms. The molecule has 0 fully saturated rings. The van der Waals surface area contributed by atoms with E-state index in [4.69, 9.17) is 0 Å². The number of carbonyl (C=O) groups excluding carboxylic acids is 1. The van der Waals surface area contributed by atoms with Crippen LogP contribution in [0.15, 0.2) is 42.7 Å². The third kappa shape index (κ3) is 3.64. The number of rotatable bonds is 3. The Bertz CT molecular complexity index is 661. The van der Waals surface area contributed by atoms with E-state index in [0.29, 0.717) is 5.56 Å². The highest BCUT2D eigenvalue weighted by molar-refractivity contribution is 5.94. The van der Waals surface area contributed by atoms with Crippen molar-refractivity contribution in [2.24, 2.45) is 0 Å². The van der Waals surface area contributed by atoms with E-state index in [1.165, 1.54) is 0 Å². The fraction of sp³-hybridized carbons (Fsp3) is 0.333. The lowest BCUT2D eigenvalue weighted by molar-refractivity contribution is 0.0939. The number of phenolic OH excluding ortho intramolecular Hbond substituents is 1. The minimum Gasteiger partial charge on any atom is -0.508 e. The highest BCUT2D eigenvalue weighted by atomic mass is 16.3. The molecule has 1 aromatic heterocycles. The third-order valence-electron chi connectivity index (χ3n) is 3.65. The van der Waals surface area contributed by atoms with Gasteiger partial charge in [0.1, 0.15) is 5.75 Å². The van der Waals surface area contributed by atoms with Gasteiger partial charge in [-0.2, -0.15) is 0 Å². The zero-order valence-corrected chi connectivity index (χ0v) is 13.4. The van der Waals surface area contributed by atoms with Crippen molar-refractivity contribution in [1.29, 1.82) is 0 Å². The Morgan fingerprint density at radius 1 is 1.18 bits per heavy atom. The summed E-state index contributed by atoms with van der Waals surface area (Å²) in [5, 5.41) is 13.0. The Hall–Kier alpha value is -2.36. The van der Waals surface area contributed by atoms with E-state index in [1.807, 2.05) is 19.1 Å². The molecule has 0 aliphatic heterocycles. The van der Waals surface area contributed by atoms with Gasteiger partial charge in [-0.1, -0.05) is 26.8 Å². The molecule has 0 aliphatic rings. The summed E-state index contributed by atoms with van der Waals surface area (Å²) in [5.41, 5.74) is 2.37. The fourth-order valence-electron chi connectivity index (χ4n) is 2.23. The lowest BCUT2D eigenvalue weighted by Gasteiger charge is -2.22. The summed E-state index contributed by atoms with van der Waals surface area (Å²) in [5.74, 6) is 0.00555. The molecule has 1 heterocycles. The van der Waals surface area contributed by atoms with Crippen molar-refractivity contribution in [2.75, 3.05) is 0 Å². The zero-order valence-electron chi connectivity index (χ0n) is 13.4. The molecule has 2 aromatic rings. The van der Waals surface area contributed by atoms with Crippen LogP contribution in [-0.2, 0) is 5.41 Å². The minimum absolute atomic E-state index is 0.0166. The van der Waals surface area contributed by atoms with Gasteiger partial charge in [-0.15, -0.1) is 0 Å². The normalized spacial score (nSPS) is 12.7. The van der Waals surface area contributed by atoms with Crippen molar-refractivity contribution in [3.63, 3.8) is 0 Å². The van der Waals surface area contributed by atoms with Crippen LogP contribution in [0.25, 0.3) is 0 Å². The van der Waals surface area contributed by atoms with E-state index in [2.05, 4.69) is 31.1 Å². The third-order valence-corrected chi connectivity index (χ3v) is 3.65. The van der Waals surface area contributed by atoms with Crippen molar-refractivity contribution in [2.45, 2.75) is 39.2 Å². The van der Waals surface area contributed by atoms with E-state index in [9.17, 15) is 9.90 Å². The van der Waals surface area contributed by atoms with Crippen LogP contribution in [0.1, 0.15) is 55.2 Å². The van der Waals surface area contributed by atoms with Crippen LogP contribution < -0.4 is 5.32 Å². The number of carbonyl (C=O) groups is 1. The summed E-state index contributed by atoms with van der Waals surface area (Å²) in [7, 11) is 0. The van der Waals surface area contributed by atoms with E-state index < -0.39 is 0 Å². The molecule has 4 heteroatoms. The molecular weight excluding hydrogens is 276 g/mol. The average Bonchev–Trinajstić information content (AvgIpc) is 2.47. The molecule has 0 saturated carbocycles. The van der Waals surface area contributed by atoms with Gasteiger partial charge in [0.25, 0.3) is 5.91 Å². The molecule has 1 unspecified atom stereocenters. The minimum atomic E-state index is -0.289. The lowest BCUT2D eigenvalue weighted by Crippen LogP contribution is -2.27. The summed E-state index contributed by atoms with van der Waals surface area (Å²) >= 11 is 0. The molecule has 0 spiro atoms. The van der Waals surface area contributed by atoms with Gasteiger partial charge in [-0.25, -0.2) is 0 Å². The second-order valence-electron chi connectivity index (χ2n) is 6.45. The summed E-state index contributed by atoms with van der Waals surface area (Å²) < 4.78 is 0. The molecule has 2 N–H and O–H groups in total. The van der Waals surface area contributed by atoms with Gasteiger partial charge in [0.2, 0.25) is 0 Å². The van der Waals surface area contributed by atoms with E-state index in [-0.39, 0.29) is 23.1 Å². The van der Waals surface area contributed by atoms with Crippen LogP contribution in [0.3, 0.4) is 0 Å². The molecule has 2 rings (SSSR count). The Balaban J connectivity index is 2.22. The van der Waals surface area contributed by atoms with Gasteiger partial charge in [-0.05, 0) is 42.2 Å². The smallest absolute Gasteiger partial charge is 0.251 e. The molecule has 0 aliphatic carbocycles. The largest absolute Gasteiger partial charge is 0.508 e. The lowest BCUT2D eigenvalue weighted by atomic mass is 9.85. The Labute approximate surface area is 131 Å². The first-order valence-corrected chi connectivity index (χ1v) is 7.33. The van der Waals surface area contributed by atoms with Gasteiger partial charge >= 0.3 is 0 Å². The highest BCUT2D eigenvalue weighted by Gasteiger charge is 2.19. The van der Waals surface area contributed by atoms with Gasteiger partial charge in [0, 0.05) is 23.5 Å². The summed E-state index contributed by atoms with van der Waals surface area (Å²) in [6.07, 6.45) is 3.16. The summed E-state index contributed by atoms with van der Waals surface area (Å²) in [6, 6.07) is 8.58. The van der Waals surface area contributed by atoms with Crippen molar-refractivity contribution in [3.05, 3.63) is 59.4 Å². The van der Waals surface area contributed by atoms with Gasteiger partial charge in [0.15, 0.2) is 0 Å². The maximum Gasteiger partial charge on any atom is 0.251 e. The van der Waals surface area contributed by atoms with Crippen LogP contribution in [-0.4, -0.2) is 16.0 Å². The number of nitrogens with one attached hydrogen (secondary N) is 1. The zero-order chi connectivity index (χ0) is 16.3. The second kappa shape index (κ2) is 6.18. The summed E-state index contributed by atoms with van der Waals surface area (Å²) in [6.45, 7) is 8.21. The molecule has 4 nitrogen and oxygen atoms in total. The topological polar surface area (TPSA) is 62.2 Å². The highest BCUT2D eigenvalue weighted by Crippen LogP contribution is 2.30. The Kier molecular flexibility index (Phi) is 4.50. The van der Waals surface area contributed by atoms with E-state index in [0.717, 1.165) is 11.1 Å². The molecule has 0 radical (unpaired) electrons. The molecule has 1 atom stereocenters. The van der Waals surface area contributed by atoms with Crippen molar-refractivity contribution in [1.82, 2.24) is 10.3 Å². The number of aromatic hydroxyl groups is 1. The first kappa shape index (κ1) is 16.0. The van der Waals surface area contributed by atoms with Crippen LogP contribution in [0.5, 0.6) is 5.75 Å². The summed E-state index contributed by atoms with van der Waals surface area (Å²) in [4.78, 5) is 16.1. The number of aromatic nitrogens is 1. The Morgan fingerprint density at radius 2 is 1.82 bits per heavy atom. The van der Waals surface area contributed by atoms with Crippen LogP contribution in [0, 0.1) is 0 Å². The predicted molar refractivity (Wildman–Crippen MR) is 86.9 cm³/mol. The number of amides is 1. The average molecular weight is 298 g/mol. The van der Waals surface area contributed by atoms with E-state index >= 15 is 0 Å². The van der Waals surface area contributed by atoms with Crippen molar-refractivity contribution in [3.8, 4) is 5.75 Å². The quantitative estimate of drug-likeness (QED) is 0.910. The van der Waals surface area contributed by atoms with Crippen molar-refractivity contribution < 1.29 is 9.90 Å². The Morgan fingerprint density at radius 3 is 2.41 bits per heavy atom. The fourth-order valence-corrected chi connectivity index (χ4v) is 2.23. The maximum absolute atomic E-state index is 12.2. The number of pyridine rings is 1. The molecule has 1 amide bonds. The molecule has 1 aromatic carbocycles. The number of hydrogen-bond acceptors (Lipinski definition) is 3. The predicted octanol–water partition coefficient (Wildman–Crippen LogP) is 3.58. The number of hydrogen-bond donors (Lipinski definition) is 2. The SMILES string of the molecule is CC(NC(=O)c1ccncc1)c1cc(C(C)(C)C)ccc1O. The molecule has 116 valence electrons. The van der Waals surface area contributed by atoms with Crippen LogP contribution in [0.4, 0.5) is 0 Å². The standard InChI is InChI=1S/C18H22N2O2/c1-12(20-17(22)13-7-9-19-10-8-13)15-11-14(18(2,3)4)5-6-16(15)21/h5-12,21H,1-4H3,(H,20,22). The van der Waals surface area contributed by atoms with Gasteiger partial charge in [0.05, 0.1) is 6.04 Å². The first-order valence-electron chi connectivity index (χ1n) is 7.33. The first-order chi connectivity index (χ1) is 10.3. The van der Waals surface area contributed by atoms with Gasteiger partial charge in [-0.3, -0.25) is 9.78 Å². The monoisotopic (exact) mass is 298 g/mol.